The average Bonchev–Trinajstić information content (AvgIpc) is 2.93. The Morgan fingerprint density at radius 2 is 1.56 bits per heavy atom. The molecule has 1 atom stereocenters. The third kappa shape index (κ3) is 6.13. The SMILES string of the molecule is CC[C@H](NC(=O)c1ccc(CN2CCN(S(=O)(=O)c3ccccc3)CC2)cc1)c1ccc(OC)cc1. The number of piperazine rings is 1. The van der Waals surface area contributed by atoms with Gasteiger partial charge in [-0.25, -0.2) is 8.42 Å². The molecule has 7 nitrogen and oxygen atoms in total. The number of nitrogens with zero attached hydrogens (tertiary/aromatic N) is 2. The van der Waals surface area contributed by atoms with E-state index < -0.39 is 10.0 Å². The molecule has 36 heavy (non-hydrogen) atoms. The molecule has 1 amide bonds. The lowest BCUT2D eigenvalue weighted by atomic mass is 10.0. The number of sulfonamides is 1. The molecule has 0 unspecified atom stereocenters. The van der Waals surface area contributed by atoms with Gasteiger partial charge in [0, 0.05) is 38.3 Å². The van der Waals surface area contributed by atoms with Gasteiger partial charge in [0.2, 0.25) is 10.0 Å². The standard InChI is InChI=1S/C28H33N3O4S/c1-3-27(23-13-15-25(35-2)16-14-23)29-28(32)24-11-9-22(10-12-24)21-30-17-19-31(20-18-30)36(33,34)26-7-5-4-6-8-26/h4-16,27H,3,17-21H2,1-2H3,(H,29,32)/t27-/m0/s1. The molecule has 1 saturated heterocycles. The van der Waals surface area contributed by atoms with Gasteiger partial charge in [0.15, 0.2) is 0 Å². The van der Waals surface area contributed by atoms with Gasteiger partial charge in [0.05, 0.1) is 18.0 Å². The van der Waals surface area contributed by atoms with E-state index >= 15 is 0 Å². The number of benzene rings is 3. The van der Waals surface area contributed by atoms with Crippen molar-refractivity contribution >= 4 is 15.9 Å². The van der Waals surface area contributed by atoms with E-state index in [2.05, 4.69) is 10.2 Å². The number of hydrogen-bond acceptors (Lipinski definition) is 5. The summed E-state index contributed by atoms with van der Waals surface area (Å²) < 4.78 is 32.4. The second-order valence-electron chi connectivity index (χ2n) is 8.90. The maximum absolute atomic E-state index is 12.9. The highest BCUT2D eigenvalue weighted by molar-refractivity contribution is 7.89. The number of carbonyl (C=O) groups excluding carboxylic acids is 1. The molecule has 1 heterocycles. The second-order valence-corrected chi connectivity index (χ2v) is 10.8. The lowest BCUT2D eigenvalue weighted by Crippen LogP contribution is -2.48. The summed E-state index contributed by atoms with van der Waals surface area (Å²) in [5.41, 5.74) is 2.74. The molecule has 1 N–H and O–H groups in total. The van der Waals surface area contributed by atoms with Crippen molar-refractivity contribution < 1.29 is 17.9 Å². The Labute approximate surface area is 213 Å². The van der Waals surface area contributed by atoms with Gasteiger partial charge in [-0.3, -0.25) is 9.69 Å². The molecule has 0 aliphatic carbocycles. The van der Waals surface area contributed by atoms with E-state index in [9.17, 15) is 13.2 Å². The molecule has 1 aliphatic rings. The van der Waals surface area contributed by atoms with Crippen LogP contribution in [-0.4, -0.2) is 56.8 Å². The van der Waals surface area contributed by atoms with Crippen LogP contribution in [-0.2, 0) is 16.6 Å². The van der Waals surface area contributed by atoms with E-state index in [0.717, 1.165) is 23.3 Å². The van der Waals surface area contributed by atoms with Crippen LogP contribution in [0.1, 0.15) is 40.9 Å². The maximum Gasteiger partial charge on any atom is 0.251 e. The minimum absolute atomic E-state index is 0.0773. The molecule has 1 fully saturated rings. The Hall–Kier alpha value is -3.20. The predicted molar refractivity (Wildman–Crippen MR) is 140 cm³/mol. The highest BCUT2D eigenvalue weighted by Gasteiger charge is 2.28. The molecule has 0 radical (unpaired) electrons. The number of methoxy groups -OCH3 is 1. The first kappa shape index (κ1) is 25.9. The monoisotopic (exact) mass is 507 g/mol. The van der Waals surface area contributed by atoms with Crippen LogP contribution in [0.3, 0.4) is 0 Å². The Balaban J connectivity index is 1.30. The van der Waals surface area contributed by atoms with Gasteiger partial charge in [-0.05, 0) is 53.9 Å². The highest BCUT2D eigenvalue weighted by Crippen LogP contribution is 2.21. The van der Waals surface area contributed by atoms with Crippen LogP contribution in [0, 0.1) is 0 Å². The van der Waals surface area contributed by atoms with Crippen molar-refractivity contribution in [3.8, 4) is 5.75 Å². The first-order valence-corrected chi connectivity index (χ1v) is 13.7. The minimum atomic E-state index is -3.45. The van der Waals surface area contributed by atoms with Crippen LogP contribution < -0.4 is 10.1 Å². The molecule has 3 aromatic rings. The van der Waals surface area contributed by atoms with E-state index in [1.54, 1.807) is 35.7 Å². The summed E-state index contributed by atoms with van der Waals surface area (Å²) in [4.78, 5) is 15.4. The third-order valence-corrected chi connectivity index (χ3v) is 8.48. The van der Waals surface area contributed by atoms with Crippen LogP contribution >= 0.6 is 0 Å². The summed E-state index contributed by atoms with van der Waals surface area (Å²) in [6.07, 6.45) is 0.780. The number of ether oxygens (including phenoxy) is 1. The van der Waals surface area contributed by atoms with E-state index in [1.807, 2.05) is 61.5 Å². The molecule has 190 valence electrons. The van der Waals surface area contributed by atoms with Gasteiger partial charge >= 0.3 is 0 Å². The molecule has 4 rings (SSSR count). The van der Waals surface area contributed by atoms with Gasteiger partial charge < -0.3 is 10.1 Å². The summed E-state index contributed by atoms with van der Waals surface area (Å²) in [5, 5.41) is 3.12. The van der Waals surface area contributed by atoms with Crippen molar-refractivity contribution in [1.29, 1.82) is 0 Å². The van der Waals surface area contributed by atoms with Crippen LogP contribution in [0.4, 0.5) is 0 Å². The highest BCUT2D eigenvalue weighted by atomic mass is 32.2. The molecule has 0 aromatic heterocycles. The fraction of sp³-hybridized carbons (Fsp3) is 0.321. The van der Waals surface area contributed by atoms with Gasteiger partial charge in [0.25, 0.3) is 5.91 Å². The molecular weight excluding hydrogens is 474 g/mol. The van der Waals surface area contributed by atoms with Crippen molar-refractivity contribution in [3.05, 3.63) is 95.6 Å². The second kappa shape index (κ2) is 11.7. The van der Waals surface area contributed by atoms with Gasteiger partial charge in [0.1, 0.15) is 5.75 Å². The number of carbonyl (C=O) groups is 1. The van der Waals surface area contributed by atoms with Gasteiger partial charge in [-0.1, -0.05) is 49.4 Å². The first-order chi connectivity index (χ1) is 17.4. The number of nitrogens with one attached hydrogen (secondary N) is 1. The van der Waals surface area contributed by atoms with Crippen LogP contribution in [0.2, 0.25) is 0 Å². The number of hydrogen-bond donors (Lipinski definition) is 1. The van der Waals surface area contributed by atoms with Crippen LogP contribution in [0.5, 0.6) is 5.75 Å². The summed E-state index contributed by atoms with van der Waals surface area (Å²) >= 11 is 0. The molecular formula is C28H33N3O4S. The van der Waals surface area contributed by atoms with Crippen molar-refractivity contribution in [2.75, 3.05) is 33.3 Å². The first-order valence-electron chi connectivity index (χ1n) is 12.2. The maximum atomic E-state index is 12.9. The molecule has 8 heteroatoms. The van der Waals surface area contributed by atoms with E-state index in [0.29, 0.717) is 43.2 Å². The molecule has 0 bridgehead atoms. The summed E-state index contributed by atoms with van der Waals surface area (Å²) in [6.45, 7) is 5.00. The summed E-state index contributed by atoms with van der Waals surface area (Å²) in [6, 6.07) is 23.9. The van der Waals surface area contributed by atoms with Gasteiger partial charge in [-0.15, -0.1) is 0 Å². The smallest absolute Gasteiger partial charge is 0.251 e. The zero-order valence-electron chi connectivity index (χ0n) is 20.8. The van der Waals surface area contributed by atoms with E-state index in [-0.39, 0.29) is 11.9 Å². The van der Waals surface area contributed by atoms with E-state index in [1.165, 1.54) is 0 Å². The fourth-order valence-electron chi connectivity index (χ4n) is 4.39. The zero-order chi connectivity index (χ0) is 25.5. The van der Waals surface area contributed by atoms with Crippen molar-refractivity contribution in [2.24, 2.45) is 0 Å². The Bertz CT molecular complexity index is 1240. The number of amides is 1. The molecule has 0 spiro atoms. The fourth-order valence-corrected chi connectivity index (χ4v) is 5.83. The zero-order valence-corrected chi connectivity index (χ0v) is 21.6. The summed E-state index contributed by atoms with van der Waals surface area (Å²) in [7, 11) is -1.82. The number of rotatable bonds is 9. The van der Waals surface area contributed by atoms with Crippen molar-refractivity contribution in [3.63, 3.8) is 0 Å². The van der Waals surface area contributed by atoms with E-state index in [4.69, 9.17) is 4.74 Å². The topological polar surface area (TPSA) is 79.0 Å². The third-order valence-electron chi connectivity index (χ3n) is 6.57. The Morgan fingerprint density at radius 3 is 2.14 bits per heavy atom. The summed E-state index contributed by atoms with van der Waals surface area (Å²) in [5.74, 6) is 0.679. The van der Waals surface area contributed by atoms with Crippen LogP contribution in [0.15, 0.2) is 83.8 Å². The quantitative estimate of drug-likeness (QED) is 0.472. The normalized spacial score (nSPS) is 15.8. The molecule has 3 aromatic carbocycles. The van der Waals surface area contributed by atoms with Gasteiger partial charge in [-0.2, -0.15) is 4.31 Å². The predicted octanol–water partition coefficient (Wildman–Crippen LogP) is 4.08. The Kier molecular flexibility index (Phi) is 8.40. The molecule has 0 saturated carbocycles. The molecule has 1 aliphatic heterocycles. The van der Waals surface area contributed by atoms with Crippen LogP contribution in [0.25, 0.3) is 0 Å². The lowest BCUT2D eigenvalue weighted by molar-refractivity contribution is 0.0935. The average molecular weight is 508 g/mol. The lowest BCUT2D eigenvalue weighted by Gasteiger charge is -2.34. The van der Waals surface area contributed by atoms with Crippen molar-refractivity contribution in [2.45, 2.75) is 30.8 Å². The van der Waals surface area contributed by atoms with Crippen molar-refractivity contribution in [1.82, 2.24) is 14.5 Å². The minimum Gasteiger partial charge on any atom is -0.497 e. The largest absolute Gasteiger partial charge is 0.497 e. The Morgan fingerprint density at radius 1 is 0.917 bits per heavy atom.